The second-order valence-corrected chi connectivity index (χ2v) is 11.9. The van der Waals surface area contributed by atoms with E-state index in [1.807, 2.05) is 10.7 Å². The Balaban J connectivity index is 1.05. The molecule has 0 spiro atoms. The normalized spacial score (nSPS) is 19.6. The van der Waals surface area contributed by atoms with Crippen LogP contribution in [0.4, 0.5) is 11.4 Å². The van der Waals surface area contributed by atoms with Gasteiger partial charge in [-0.2, -0.15) is 16.4 Å². The van der Waals surface area contributed by atoms with E-state index in [9.17, 15) is 4.79 Å². The molecule has 5 heterocycles. The van der Waals surface area contributed by atoms with Gasteiger partial charge in [0, 0.05) is 76.0 Å². The zero-order chi connectivity index (χ0) is 26.4. The molecule has 0 N–H and O–H groups in total. The Bertz CT molecular complexity index is 1440. The number of carbonyl (C=O) groups is 1. The molecule has 4 aromatic rings. The maximum absolute atomic E-state index is 13.4. The Morgan fingerprint density at radius 3 is 2.31 bits per heavy atom. The Morgan fingerprint density at radius 2 is 1.64 bits per heavy atom. The molecule has 1 amide bonds. The molecule has 0 unspecified atom stereocenters. The molecule has 1 aromatic carbocycles. The summed E-state index contributed by atoms with van der Waals surface area (Å²) in [6.07, 6.45) is 5.98. The summed E-state index contributed by atoms with van der Waals surface area (Å²) < 4.78 is 2.00. The van der Waals surface area contributed by atoms with Crippen molar-refractivity contribution >= 4 is 34.1 Å². The minimum atomic E-state index is -0.248. The van der Waals surface area contributed by atoms with Gasteiger partial charge in [-0.3, -0.25) is 4.79 Å². The van der Waals surface area contributed by atoms with Crippen LogP contribution in [0.5, 0.6) is 0 Å². The molecular weight excluding hydrogens is 504 g/mol. The molecule has 2 saturated heterocycles. The highest BCUT2D eigenvalue weighted by atomic mass is 32.1. The number of hydrogen-bond donors (Lipinski definition) is 0. The highest BCUT2D eigenvalue weighted by Crippen LogP contribution is 2.50. The zero-order valence-electron chi connectivity index (χ0n) is 22.6. The summed E-state index contributed by atoms with van der Waals surface area (Å²) in [7, 11) is 0. The van der Waals surface area contributed by atoms with Crippen LogP contribution in [0, 0.1) is 0 Å². The molecule has 0 radical (unpaired) electrons. The van der Waals surface area contributed by atoms with Gasteiger partial charge in [0.15, 0.2) is 0 Å². The van der Waals surface area contributed by atoms with E-state index in [1.54, 1.807) is 11.3 Å². The van der Waals surface area contributed by atoms with Gasteiger partial charge in [-0.05, 0) is 71.6 Å². The second-order valence-electron chi connectivity index (χ2n) is 11.1. The molecular formula is C31H36N6OS. The molecule has 1 aliphatic carbocycles. The SMILES string of the molecule is CCN1CCN(c2ccc(-c3cc4c(N5CCN(C(=O)C6(c7ccsc7)CC6)CC5)ccnn4c3)cc2)CC1. The Labute approximate surface area is 234 Å². The number of piperazine rings is 2. The first-order chi connectivity index (χ1) is 19.1. The molecule has 2 aliphatic heterocycles. The van der Waals surface area contributed by atoms with Crippen molar-refractivity contribution < 1.29 is 4.79 Å². The number of fused-ring (bicyclic) bond motifs is 1. The van der Waals surface area contributed by atoms with Crippen molar-refractivity contribution in [1.29, 1.82) is 0 Å². The van der Waals surface area contributed by atoms with Crippen molar-refractivity contribution in [2.75, 3.05) is 68.7 Å². The van der Waals surface area contributed by atoms with Crippen molar-refractivity contribution in [1.82, 2.24) is 19.4 Å². The standard InChI is InChI=1S/C31H36N6OS/c1-2-33-12-14-34(15-13-33)27-5-3-24(4-6-27)25-21-29-28(7-11-32-37(29)22-25)35-16-18-36(19-17-35)30(38)31(9-10-31)26-8-20-39-23-26/h3-8,11,20-23H,2,9-10,12-19H2,1H3. The highest BCUT2D eigenvalue weighted by Gasteiger charge is 2.53. The van der Waals surface area contributed by atoms with Crippen LogP contribution >= 0.6 is 11.3 Å². The molecule has 202 valence electrons. The fourth-order valence-electron chi connectivity index (χ4n) is 6.35. The Kier molecular flexibility index (Phi) is 6.32. The molecule has 7 nitrogen and oxygen atoms in total. The van der Waals surface area contributed by atoms with Gasteiger partial charge in [0.1, 0.15) is 0 Å². The molecule has 3 fully saturated rings. The molecule has 3 aliphatic rings. The summed E-state index contributed by atoms with van der Waals surface area (Å²) in [4.78, 5) is 22.9. The molecule has 1 saturated carbocycles. The van der Waals surface area contributed by atoms with Crippen LogP contribution in [-0.2, 0) is 10.2 Å². The van der Waals surface area contributed by atoms with Crippen LogP contribution in [-0.4, -0.2) is 84.2 Å². The number of anilines is 2. The first kappa shape index (κ1) is 24.7. The third-order valence-corrected chi connectivity index (χ3v) is 9.70. The van der Waals surface area contributed by atoms with E-state index in [4.69, 9.17) is 0 Å². The third kappa shape index (κ3) is 4.49. The lowest BCUT2D eigenvalue weighted by atomic mass is 9.97. The first-order valence-electron chi connectivity index (χ1n) is 14.3. The average Bonchev–Trinajstić information content (AvgIpc) is 3.39. The Hall–Kier alpha value is -3.36. The predicted octanol–water partition coefficient (Wildman–Crippen LogP) is 4.59. The van der Waals surface area contributed by atoms with Crippen molar-refractivity contribution in [3.05, 3.63) is 71.2 Å². The number of likely N-dealkylation sites (N-methyl/N-ethyl adjacent to an activating group) is 1. The third-order valence-electron chi connectivity index (χ3n) is 9.01. The monoisotopic (exact) mass is 540 g/mol. The molecule has 3 aromatic heterocycles. The summed E-state index contributed by atoms with van der Waals surface area (Å²) in [6.45, 7) is 11.0. The number of benzene rings is 1. The van der Waals surface area contributed by atoms with Crippen LogP contribution in [0.3, 0.4) is 0 Å². The van der Waals surface area contributed by atoms with Gasteiger partial charge in [0.25, 0.3) is 0 Å². The van der Waals surface area contributed by atoms with Gasteiger partial charge in [-0.1, -0.05) is 19.1 Å². The van der Waals surface area contributed by atoms with E-state index in [0.717, 1.165) is 77.3 Å². The van der Waals surface area contributed by atoms with E-state index in [0.29, 0.717) is 5.91 Å². The highest BCUT2D eigenvalue weighted by molar-refractivity contribution is 7.08. The van der Waals surface area contributed by atoms with Gasteiger partial charge < -0.3 is 19.6 Å². The maximum atomic E-state index is 13.4. The number of aromatic nitrogens is 2. The fraction of sp³-hybridized carbons (Fsp3) is 0.419. The number of hydrogen-bond acceptors (Lipinski definition) is 6. The molecule has 39 heavy (non-hydrogen) atoms. The minimum absolute atomic E-state index is 0.248. The lowest BCUT2D eigenvalue weighted by Gasteiger charge is -2.37. The van der Waals surface area contributed by atoms with E-state index in [1.165, 1.54) is 28.1 Å². The zero-order valence-corrected chi connectivity index (χ0v) is 23.4. The van der Waals surface area contributed by atoms with Gasteiger partial charge >= 0.3 is 0 Å². The van der Waals surface area contributed by atoms with Gasteiger partial charge in [-0.25, -0.2) is 4.52 Å². The summed E-state index contributed by atoms with van der Waals surface area (Å²) in [5, 5.41) is 8.86. The van der Waals surface area contributed by atoms with Crippen LogP contribution in [0.15, 0.2) is 65.6 Å². The summed E-state index contributed by atoms with van der Waals surface area (Å²) in [5.41, 5.74) is 6.96. The number of amides is 1. The molecule has 8 heteroatoms. The van der Waals surface area contributed by atoms with Crippen molar-refractivity contribution in [3.63, 3.8) is 0 Å². The smallest absolute Gasteiger partial charge is 0.233 e. The largest absolute Gasteiger partial charge is 0.369 e. The summed E-state index contributed by atoms with van der Waals surface area (Å²) in [5.74, 6) is 0.320. The average molecular weight is 541 g/mol. The van der Waals surface area contributed by atoms with Crippen LogP contribution < -0.4 is 9.80 Å². The van der Waals surface area contributed by atoms with Crippen molar-refractivity contribution in [2.45, 2.75) is 25.2 Å². The topological polar surface area (TPSA) is 47.3 Å². The molecule has 0 atom stereocenters. The predicted molar refractivity (Wildman–Crippen MR) is 159 cm³/mol. The van der Waals surface area contributed by atoms with Gasteiger partial charge in [-0.15, -0.1) is 0 Å². The minimum Gasteiger partial charge on any atom is -0.369 e. The molecule has 0 bridgehead atoms. The number of carbonyl (C=O) groups excluding carboxylic acids is 1. The molecule has 7 rings (SSSR count). The lowest BCUT2D eigenvalue weighted by molar-refractivity contribution is -0.134. The first-order valence-corrected chi connectivity index (χ1v) is 15.2. The quantitative estimate of drug-likeness (QED) is 0.358. The second kappa shape index (κ2) is 9.99. The van der Waals surface area contributed by atoms with Gasteiger partial charge in [0.05, 0.1) is 16.6 Å². The van der Waals surface area contributed by atoms with Crippen LogP contribution in [0.1, 0.15) is 25.3 Å². The van der Waals surface area contributed by atoms with E-state index >= 15 is 0 Å². The maximum Gasteiger partial charge on any atom is 0.233 e. The lowest BCUT2D eigenvalue weighted by Crippen LogP contribution is -2.51. The van der Waals surface area contributed by atoms with Crippen LogP contribution in [0.25, 0.3) is 16.6 Å². The van der Waals surface area contributed by atoms with E-state index < -0.39 is 0 Å². The number of rotatable bonds is 6. The Morgan fingerprint density at radius 1 is 0.897 bits per heavy atom. The van der Waals surface area contributed by atoms with Crippen molar-refractivity contribution in [3.8, 4) is 11.1 Å². The van der Waals surface area contributed by atoms with E-state index in [-0.39, 0.29) is 5.41 Å². The fourth-order valence-corrected chi connectivity index (χ4v) is 7.11. The van der Waals surface area contributed by atoms with E-state index in [2.05, 4.69) is 91.0 Å². The summed E-state index contributed by atoms with van der Waals surface area (Å²) in [6, 6.07) is 15.5. The number of thiophene rings is 1. The van der Waals surface area contributed by atoms with Crippen LogP contribution in [0.2, 0.25) is 0 Å². The number of nitrogens with zero attached hydrogens (tertiary/aromatic N) is 6. The van der Waals surface area contributed by atoms with Crippen molar-refractivity contribution in [2.24, 2.45) is 0 Å². The van der Waals surface area contributed by atoms with Gasteiger partial charge in [0.2, 0.25) is 5.91 Å². The summed E-state index contributed by atoms with van der Waals surface area (Å²) >= 11 is 1.69.